The molecule has 1 aromatic heterocycles. The minimum absolute atomic E-state index is 0. The number of hydrogen-bond donors (Lipinski definition) is 1. The van der Waals surface area contributed by atoms with Crippen LogP contribution in [0.4, 0.5) is 0 Å². The molecule has 2 heterocycles. The molecule has 142 valence electrons. The fourth-order valence-corrected chi connectivity index (χ4v) is 3.71. The van der Waals surface area contributed by atoms with Gasteiger partial charge in [-0.05, 0) is 57.0 Å². The van der Waals surface area contributed by atoms with Gasteiger partial charge in [-0.15, -0.1) is 12.4 Å². The predicted octanol–water partition coefficient (Wildman–Crippen LogP) is 3.58. The zero-order valence-electron chi connectivity index (χ0n) is 15.2. The van der Waals surface area contributed by atoms with Crippen LogP contribution < -0.4 is 5.32 Å². The average Bonchev–Trinajstić information content (AvgIpc) is 3.06. The van der Waals surface area contributed by atoms with E-state index in [1.54, 1.807) is 6.20 Å². The standard InChI is InChI=1S/C19H25ClN4O.ClH/c1-3-18-17(13-22-24(18)16-6-4-5-15(20)11-16)19(25)23-9-7-14(8-10-23)12-21-2;/h4-6,11,13-14,21H,3,7-10,12H2,1-2H3;1H. The van der Waals surface area contributed by atoms with E-state index < -0.39 is 0 Å². The van der Waals surface area contributed by atoms with E-state index in [1.807, 2.05) is 47.8 Å². The highest BCUT2D eigenvalue weighted by atomic mass is 35.5. The number of nitrogens with one attached hydrogen (secondary N) is 1. The number of carbonyl (C=O) groups excluding carboxylic acids is 1. The molecule has 0 aliphatic carbocycles. The fourth-order valence-electron chi connectivity index (χ4n) is 3.52. The van der Waals surface area contributed by atoms with Gasteiger partial charge >= 0.3 is 0 Å². The second kappa shape index (κ2) is 9.40. The minimum Gasteiger partial charge on any atom is -0.339 e. The largest absolute Gasteiger partial charge is 0.339 e. The zero-order valence-corrected chi connectivity index (χ0v) is 16.8. The van der Waals surface area contributed by atoms with E-state index in [1.165, 1.54) is 0 Å². The summed E-state index contributed by atoms with van der Waals surface area (Å²) in [6.07, 6.45) is 4.54. The maximum atomic E-state index is 13.0. The number of aromatic nitrogens is 2. The lowest BCUT2D eigenvalue weighted by Gasteiger charge is -2.32. The molecule has 1 aliphatic heterocycles. The van der Waals surface area contributed by atoms with Crippen LogP contribution in [0, 0.1) is 5.92 Å². The molecule has 1 aromatic carbocycles. The summed E-state index contributed by atoms with van der Waals surface area (Å²) >= 11 is 6.10. The molecule has 0 radical (unpaired) electrons. The molecular formula is C19H26Cl2N4O. The van der Waals surface area contributed by atoms with Crippen molar-refractivity contribution >= 4 is 29.9 Å². The van der Waals surface area contributed by atoms with E-state index in [-0.39, 0.29) is 18.3 Å². The normalized spacial score (nSPS) is 15.0. The number of carbonyl (C=O) groups is 1. The van der Waals surface area contributed by atoms with E-state index in [2.05, 4.69) is 10.4 Å². The van der Waals surface area contributed by atoms with Crippen molar-refractivity contribution in [2.45, 2.75) is 26.2 Å². The van der Waals surface area contributed by atoms with Crippen LogP contribution in [0.2, 0.25) is 5.02 Å². The van der Waals surface area contributed by atoms with Gasteiger partial charge in [0, 0.05) is 18.1 Å². The summed E-state index contributed by atoms with van der Waals surface area (Å²) in [6.45, 7) is 4.70. The van der Waals surface area contributed by atoms with Crippen molar-refractivity contribution in [1.82, 2.24) is 20.0 Å². The maximum Gasteiger partial charge on any atom is 0.257 e. The highest BCUT2D eigenvalue weighted by Crippen LogP contribution is 2.23. The third-order valence-electron chi connectivity index (χ3n) is 4.88. The van der Waals surface area contributed by atoms with Crippen LogP contribution in [0.25, 0.3) is 5.69 Å². The molecule has 0 saturated carbocycles. The molecule has 1 fully saturated rings. The van der Waals surface area contributed by atoms with Crippen LogP contribution in [0.5, 0.6) is 0 Å². The highest BCUT2D eigenvalue weighted by Gasteiger charge is 2.26. The van der Waals surface area contributed by atoms with Crippen LogP contribution >= 0.6 is 24.0 Å². The van der Waals surface area contributed by atoms with E-state index in [4.69, 9.17) is 11.6 Å². The van der Waals surface area contributed by atoms with Gasteiger partial charge < -0.3 is 10.2 Å². The Bertz CT molecular complexity index is 739. The van der Waals surface area contributed by atoms with Gasteiger partial charge in [-0.1, -0.05) is 24.6 Å². The van der Waals surface area contributed by atoms with Crippen LogP contribution in [-0.4, -0.2) is 47.3 Å². The Labute approximate surface area is 166 Å². The van der Waals surface area contributed by atoms with Crippen molar-refractivity contribution in [3.8, 4) is 5.69 Å². The number of nitrogens with zero attached hydrogens (tertiary/aromatic N) is 3. The Balaban J connectivity index is 0.00000243. The van der Waals surface area contributed by atoms with Crippen LogP contribution in [-0.2, 0) is 6.42 Å². The molecule has 1 N–H and O–H groups in total. The summed E-state index contributed by atoms with van der Waals surface area (Å²) in [6, 6.07) is 7.55. The molecular weight excluding hydrogens is 371 g/mol. The van der Waals surface area contributed by atoms with Crippen molar-refractivity contribution in [2.24, 2.45) is 5.92 Å². The van der Waals surface area contributed by atoms with Gasteiger partial charge in [0.2, 0.25) is 0 Å². The summed E-state index contributed by atoms with van der Waals surface area (Å²) in [7, 11) is 1.98. The van der Waals surface area contributed by atoms with Crippen LogP contribution in [0.15, 0.2) is 30.5 Å². The molecule has 7 heteroatoms. The van der Waals surface area contributed by atoms with E-state index in [9.17, 15) is 4.79 Å². The quantitative estimate of drug-likeness (QED) is 0.839. The van der Waals surface area contributed by atoms with Gasteiger partial charge in [0.1, 0.15) is 0 Å². The number of hydrogen-bond acceptors (Lipinski definition) is 3. The Hall–Kier alpha value is -1.56. The van der Waals surface area contributed by atoms with Gasteiger partial charge in [0.05, 0.1) is 23.1 Å². The first-order chi connectivity index (χ1) is 12.1. The van der Waals surface area contributed by atoms with Crippen molar-refractivity contribution < 1.29 is 4.79 Å². The van der Waals surface area contributed by atoms with E-state index in [0.717, 1.165) is 50.3 Å². The topological polar surface area (TPSA) is 50.2 Å². The summed E-state index contributed by atoms with van der Waals surface area (Å²) in [4.78, 5) is 14.9. The van der Waals surface area contributed by atoms with E-state index in [0.29, 0.717) is 16.5 Å². The summed E-state index contributed by atoms with van der Waals surface area (Å²) in [5.41, 5.74) is 2.52. The number of amides is 1. The van der Waals surface area contributed by atoms with Gasteiger partial charge in [-0.25, -0.2) is 4.68 Å². The highest BCUT2D eigenvalue weighted by molar-refractivity contribution is 6.30. The van der Waals surface area contributed by atoms with Gasteiger partial charge in [-0.3, -0.25) is 4.79 Å². The maximum absolute atomic E-state index is 13.0. The van der Waals surface area contributed by atoms with Crippen molar-refractivity contribution in [3.63, 3.8) is 0 Å². The number of halogens is 2. The number of benzene rings is 1. The molecule has 1 amide bonds. The Morgan fingerprint density at radius 2 is 2.08 bits per heavy atom. The number of rotatable bonds is 5. The number of piperidine rings is 1. The molecule has 2 aromatic rings. The first kappa shape index (κ1) is 20.7. The molecule has 0 atom stereocenters. The lowest BCUT2D eigenvalue weighted by atomic mass is 9.96. The van der Waals surface area contributed by atoms with Gasteiger partial charge in [0.15, 0.2) is 0 Å². The first-order valence-corrected chi connectivity index (χ1v) is 9.28. The van der Waals surface area contributed by atoms with Crippen molar-refractivity contribution in [1.29, 1.82) is 0 Å². The summed E-state index contributed by atoms with van der Waals surface area (Å²) in [5.74, 6) is 0.752. The zero-order chi connectivity index (χ0) is 17.8. The van der Waals surface area contributed by atoms with Crippen molar-refractivity contribution in [3.05, 3.63) is 46.7 Å². The van der Waals surface area contributed by atoms with Crippen LogP contribution in [0.3, 0.4) is 0 Å². The predicted molar refractivity (Wildman–Crippen MR) is 108 cm³/mol. The van der Waals surface area contributed by atoms with Crippen molar-refractivity contribution in [2.75, 3.05) is 26.7 Å². The fraction of sp³-hybridized carbons (Fsp3) is 0.474. The van der Waals surface area contributed by atoms with E-state index >= 15 is 0 Å². The molecule has 5 nitrogen and oxygen atoms in total. The first-order valence-electron chi connectivity index (χ1n) is 8.90. The third kappa shape index (κ3) is 4.40. The minimum atomic E-state index is 0. The molecule has 26 heavy (non-hydrogen) atoms. The van der Waals surface area contributed by atoms with Crippen LogP contribution in [0.1, 0.15) is 35.8 Å². The monoisotopic (exact) mass is 396 g/mol. The molecule has 0 unspecified atom stereocenters. The Morgan fingerprint density at radius 1 is 1.35 bits per heavy atom. The molecule has 0 bridgehead atoms. The number of likely N-dealkylation sites (tertiary alicyclic amines) is 1. The Morgan fingerprint density at radius 3 is 2.69 bits per heavy atom. The summed E-state index contributed by atoms with van der Waals surface area (Å²) < 4.78 is 1.83. The molecule has 1 aliphatic rings. The molecule has 3 rings (SSSR count). The second-order valence-electron chi connectivity index (χ2n) is 6.54. The summed E-state index contributed by atoms with van der Waals surface area (Å²) in [5, 5.41) is 8.35. The molecule has 0 spiro atoms. The lowest BCUT2D eigenvalue weighted by Crippen LogP contribution is -2.40. The third-order valence-corrected chi connectivity index (χ3v) is 5.12. The SMILES string of the molecule is CCc1c(C(=O)N2CCC(CNC)CC2)cnn1-c1cccc(Cl)c1.Cl. The molecule has 1 saturated heterocycles. The van der Waals surface area contributed by atoms with Gasteiger partial charge in [0.25, 0.3) is 5.91 Å². The second-order valence-corrected chi connectivity index (χ2v) is 6.98. The Kier molecular flexibility index (Phi) is 7.50. The lowest BCUT2D eigenvalue weighted by molar-refractivity contribution is 0.0690. The van der Waals surface area contributed by atoms with Gasteiger partial charge in [-0.2, -0.15) is 5.10 Å². The smallest absolute Gasteiger partial charge is 0.257 e. The average molecular weight is 397 g/mol.